The van der Waals surface area contributed by atoms with Crippen molar-refractivity contribution in [2.24, 2.45) is 5.73 Å². The van der Waals surface area contributed by atoms with Crippen LogP contribution in [-0.2, 0) is 14.3 Å². The maximum absolute atomic E-state index is 14.8. The van der Waals surface area contributed by atoms with E-state index in [1.165, 1.54) is 18.1 Å². The second-order valence-electron chi connectivity index (χ2n) is 6.70. The summed E-state index contributed by atoms with van der Waals surface area (Å²) in [6.07, 6.45) is -0.965. The van der Waals surface area contributed by atoms with Gasteiger partial charge in [0.1, 0.15) is 11.9 Å². The number of carbonyl (C=O) groups excluding carboxylic acids is 2. The van der Waals surface area contributed by atoms with E-state index in [9.17, 15) is 14.0 Å². The fourth-order valence-corrected chi connectivity index (χ4v) is 3.44. The minimum atomic E-state index is -0.541. The summed E-state index contributed by atoms with van der Waals surface area (Å²) in [5, 5.41) is 3.05. The normalized spacial score (nSPS) is 19.2. The summed E-state index contributed by atoms with van der Waals surface area (Å²) in [5.74, 6) is -0.542. The fraction of sp³-hybridized carbons (Fsp3) is 0.500. The minimum absolute atomic E-state index is 0.0250. The van der Waals surface area contributed by atoms with E-state index >= 15 is 0 Å². The molecule has 11 heteroatoms. The van der Waals surface area contributed by atoms with Crippen LogP contribution in [0.3, 0.4) is 0 Å². The number of piperazine rings is 1. The molecule has 2 heterocycles. The summed E-state index contributed by atoms with van der Waals surface area (Å²) in [5.41, 5.74) is 6.24. The molecular formula is C18H24FN5O4S. The van der Waals surface area contributed by atoms with E-state index < -0.39 is 18.0 Å². The molecule has 29 heavy (non-hydrogen) atoms. The van der Waals surface area contributed by atoms with E-state index in [-0.39, 0.29) is 24.2 Å². The van der Waals surface area contributed by atoms with Crippen molar-refractivity contribution in [1.29, 1.82) is 0 Å². The van der Waals surface area contributed by atoms with Gasteiger partial charge in [-0.3, -0.25) is 9.69 Å². The van der Waals surface area contributed by atoms with E-state index in [0.717, 1.165) is 0 Å². The highest BCUT2D eigenvalue weighted by molar-refractivity contribution is 7.80. The molecule has 1 atom stereocenters. The first-order valence-electron chi connectivity index (χ1n) is 9.25. The molecule has 9 nitrogen and oxygen atoms in total. The molecule has 0 unspecified atom stereocenters. The number of cyclic esters (lactones) is 1. The lowest BCUT2D eigenvalue weighted by Gasteiger charge is -2.36. The van der Waals surface area contributed by atoms with E-state index in [0.29, 0.717) is 44.1 Å². The fourth-order valence-electron chi connectivity index (χ4n) is 3.35. The molecule has 2 aliphatic rings. The molecule has 0 spiro atoms. The topological polar surface area (TPSA) is 100 Å². The van der Waals surface area contributed by atoms with Crippen LogP contribution >= 0.6 is 12.2 Å². The zero-order chi connectivity index (χ0) is 21.0. The molecule has 0 radical (unpaired) electrons. The molecule has 2 saturated heterocycles. The molecule has 1 aromatic carbocycles. The smallest absolute Gasteiger partial charge is 0.414 e. The Morgan fingerprint density at radius 2 is 2.10 bits per heavy atom. The summed E-state index contributed by atoms with van der Waals surface area (Å²) in [6.45, 7) is 2.57. The van der Waals surface area contributed by atoms with Crippen molar-refractivity contribution in [1.82, 2.24) is 10.2 Å². The number of nitrogens with two attached hydrogens (primary N) is 1. The molecule has 0 aromatic heterocycles. The molecular weight excluding hydrogens is 401 g/mol. The van der Waals surface area contributed by atoms with Crippen LogP contribution in [-0.4, -0.2) is 81.1 Å². The van der Waals surface area contributed by atoms with E-state index in [2.05, 4.69) is 5.32 Å². The Bertz CT molecular complexity index is 788. The van der Waals surface area contributed by atoms with Gasteiger partial charge in [-0.05, 0) is 30.4 Å². The molecule has 158 valence electrons. The third kappa shape index (κ3) is 4.85. The van der Waals surface area contributed by atoms with E-state index in [1.807, 2.05) is 4.90 Å². The Hall–Kier alpha value is -2.66. The van der Waals surface area contributed by atoms with Gasteiger partial charge in [0.15, 0.2) is 0 Å². The maximum atomic E-state index is 14.8. The Balaban J connectivity index is 1.62. The Labute approximate surface area is 173 Å². The third-order valence-corrected chi connectivity index (χ3v) is 5.24. The molecule has 3 rings (SSSR count). The van der Waals surface area contributed by atoms with Crippen molar-refractivity contribution in [2.75, 3.05) is 62.7 Å². The van der Waals surface area contributed by atoms with Gasteiger partial charge in [0.2, 0.25) is 5.91 Å². The third-order valence-electron chi connectivity index (χ3n) is 4.92. The zero-order valence-corrected chi connectivity index (χ0v) is 16.9. The SMILES string of the molecule is COC(=S)NC[C@H]1CN(c2ccc(N3CCN(C(=O)CN)CC3)c(F)c2)C(=O)O1. The van der Waals surface area contributed by atoms with Gasteiger partial charge in [-0.1, -0.05) is 0 Å². The number of carbonyl (C=O) groups is 2. The standard InChI is InChI=1S/C18H24FN5O4S/c1-27-17(29)21-10-13-11-24(18(26)28-13)12-2-3-15(14(19)8-12)22-4-6-23(7-5-22)16(25)9-20/h2-3,8,13H,4-7,9-11,20H2,1H3,(H,21,29)/t13-/m0/s1. The first-order chi connectivity index (χ1) is 13.9. The van der Waals surface area contributed by atoms with Crippen molar-refractivity contribution in [3.05, 3.63) is 24.0 Å². The number of hydrogen-bond donors (Lipinski definition) is 2. The first-order valence-corrected chi connectivity index (χ1v) is 9.66. The highest BCUT2D eigenvalue weighted by Gasteiger charge is 2.33. The zero-order valence-electron chi connectivity index (χ0n) is 16.1. The Kier molecular flexibility index (Phi) is 6.70. The second kappa shape index (κ2) is 9.23. The minimum Gasteiger partial charge on any atom is -0.474 e. The van der Waals surface area contributed by atoms with Crippen LogP contribution in [0.25, 0.3) is 0 Å². The van der Waals surface area contributed by atoms with Crippen LogP contribution in [0.5, 0.6) is 0 Å². The van der Waals surface area contributed by atoms with Gasteiger partial charge in [-0.2, -0.15) is 0 Å². The van der Waals surface area contributed by atoms with Crippen molar-refractivity contribution >= 4 is 40.8 Å². The Morgan fingerprint density at radius 1 is 1.38 bits per heavy atom. The summed E-state index contributed by atoms with van der Waals surface area (Å²) in [6, 6.07) is 4.65. The maximum Gasteiger partial charge on any atom is 0.414 e. The molecule has 2 aliphatic heterocycles. The molecule has 2 fully saturated rings. The summed E-state index contributed by atoms with van der Waals surface area (Å²) in [4.78, 5) is 28.8. The van der Waals surface area contributed by atoms with Crippen molar-refractivity contribution in [3.63, 3.8) is 0 Å². The molecule has 3 N–H and O–H groups in total. The van der Waals surface area contributed by atoms with Gasteiger partial charge in [0.05, 0.1) is 38.1 Å². The lowest BCUT2D eigenvalue weighted by Crippen LogP contribution is -2.50. The number of benzene rings is 1. The van der Waals surface area contributed by atoms with Crippen LogP contribution in [0.2, 0.25) is 0 Å². The van der Waals surface area contributed by atoms with Gasteiger partial charge >= 0.3 is 6.09 Å². The number of methoxy groups -OCH3 is 1. The number of nitrogens with zero attached hydrogens (tertiary/aromatic N) is 3. The number of hydrogen-bond acceptors (Lipinski definition) is 7. The number of rotatable bonds is 5. The lowest BCUT2D eigenvalue weighted by molar-refractivity contribution is -0.129. The molecule has 0 saturated carbocycles. The van der Waals surface area contributed by atoms with Gasteiger partial charge < -0.3 is 30.3 Å². The van der Waals surface area contributed by atoms with Crippen molar-refractivity contribution in [2.45, 2.75) is 6.10 Å². The average Bonchev–Trinajstić information content (AvgIpc) is 3.12. The monoisotopic (exact) mass is 425 g/mol. The van der Waals surface area contributed by atoms with Crippen molar-refractivity contribution in [3.8, 4) is 0 Å². The quantitative estimate of drug-likeness (QED) is 0.649. The number of nitrogens with one attached hydrogen (secondary N) is 1. The number of ether oxygens (including phenoxy) is 2. The highest BCUT2D eigenvalue weighted by atomic mass is 32.1. The largest absolute Gasteiger partial charge is 0.474 e. The van der Waals surface area contributed by atoms with Gasteiger partial charge in [0, 0.05) is 26.2 Å². The van der Waals surface area contributed by atoms with Crippen LogP contribution < -0.4 is 20.9 Å². The predicted molar refractivity (Wildman–Crippen MR) is 109 cm³/mol. The number of halogens is 1. The van der Waals surface area contributed by atoms with Crippen LogP contribution in [0, 0.1) is 5.82 Å². The summed E-state index contributed by atoms with van der Waals surface area (Å²) >= 11 is 4.89. The van der Waals surface area contributed by atoms with E-state index in [4.69, 9.17) is 27.4 Å². The Morgan fingerprint density at radius 3 is 2.72 bits per heavy atom. The highest BCUT2D eigenvalue weighted by Crippen LogP contribution is 2.28. The van der Waals surface area contributed by atoms with E-state index in [1.54, 1.807) is 17.0 Å². The lowest BCUT2D eigenvalue weighted by atomic mass is 10.2. The predicted octanol–water partition coefficient (Wildman–Crippen LogP) is 0.279. The summed E-state index contributed by atoms with van der Waals surface area (Å²) < 4.78 is 24.9. The summed E-state index contributed by atoms with van der Waals surface area (Å²) in [7, 11) is 1.45. The number of anilines is 2. The van der Waals surface area contributed by atoms with Crippen LogP contribution in [0.1, 0.15) is 0 Å². The van der Waals surface area contributed by atoms with Crippen molar-refractivity contribution < 1.29 is 23.5 Å². The second-order valence-corrected chi connectivity index (χ2v) is 7.07. The van der Waals surface area contributed by atoms with Crippen LogP contribution in [0.4, 0.5) is 20.6 Å². The number of thiocarbonyl (C=S) groups is 1. The van der Waals surface area contributed by atoms with Gasteiger partial charge in [0.25, 0.3) is 5.17 Å². The molecule has 1 aromatic rings. The van der Waals surface area contributed by atoms with Gasteiger partial charge in [-0.25, -0.2) is 9.18 Å². The first kappa shape index (κ1) is 21.1. The molecule has 2 amide bonds. The average molecular weight is 425 g/mol. The van der Waals surface area contributed by atoms with Crippen LogP contribution in [0.15, 0.2) is 18.2 Å². The van der Waals surface area contributed by atoms with Gasteiger partial charge in [-0.15, -0.1) is 0 Å². The molecule has 0 aliphatic carbocycles. The molecule has 0 bridgehead atoms. The number of amides is 2.